The van der Waals surface area contributed by atoms with E-state index in [4.69, 9.17) is 34.8 Å². The second-order valence-corrected chi connectivity index (χ2v) is 8.54. The monoisotopic (exact) mass is 503 g/mol. The summed E-state index contributed by atoms with van der Waals surface area (Å²) in [5.74, 6) is 0.0714. The van der Waals surface area contributed by atoms with Crippen molar-refractivity contribution in [1.82, 2.24) is 9.78 Å². The van der Waals surface area contributed by atoms with Gasteiger partial charge in [-0.2, -0.15) is 5.10 Å². The highest BCUT2D eigenvalue weighted by molar-refractivity contribution is 9.10. The second-order valence-electron chi connectivity index (χ2n) is 5.56. The Morgan fingerprint density at radius 3 is 2.67 bits per heavy atom. The van der Waals surface area contributed by atoms with E-state index >= 15 is 0 Å². The highest BCUT2D eigenvalue weighted by atomic mass is 79.9. The van der Waals surface area contributed by atoms with E-state index in [-0.39, 0.29) is 5.91 Å². The molecule has 0 bridgehead atoms. The first-order valence-electron chi connectivity index (χ1n) is 7.69. The molecular weight excluding hydrogens is 493 g/mol. The van der Waals surface area contributed by atoms with Crippen molar-refractivity contribution in [1.29, 1.82) is 0 Å². The number of hydrogen-bond acceptors (Lipinski definition) is 3. The van der Waals surface area contributed by atoms with Crippen molar-refractivity contribution in [3.05, 3.63) is 73.3 Å². The van der Waals surface area contributed by atoms with Crippen molar-refractivity contribution in [2.24, 2.45) is 0 Å². The quantitative estimate of drug-likeness (QED) is 0.396. The Balaban J connectivity index is 1.79. The fourth-order valence-electron chi connectivity index (χ4n) is 2.37. The summed E-state index contributed by atoms with van der Waals surface area (Å²) in [7, 11) is 0. The molecule has 0 radical (unpaired) electrons. The highest BCUT2D eigenvalue weighted by Gasteiger charge is 2.16. The zero-order chi connectivity index (χ0) is 19.6. The number of rotatable bonds is 5. The summed E-state index contributed by atoms with van der Waals surface area (Å²) in [5.41, 5.74) is 1.26. The largest absolute Gasteiger partial charge is 0.304 e. The van der Waals surface area contributed by atoms with Crippen molar-refractivity contribution in [2.75, 3.05) is 11.6 Å². The van der Waals surface area contributed by atoms with Gasteiger partial charge in [0.15, 0.2) is 5.82 Å². The second kappa shape index (κ2) is 8.88. The number of thioether (sulfide) groups is 1. The number of aromatic nitrogens is 2. The predicted octanol–water partition coefficient (Wildman–Crippen LogP) is 6.63. The van der Waals surface area contributed by atoms with E-state index < -0.39 is 0 Å². The summed E-state index contributed by atoms with van der Waals surface area (Å²) < 4.78 is 2.33. The van der Waals surface area contributed by atoms with Crippen LogP contribution in [0.5, 0.6) is 0 Å². The van der Waals surface area contributed by atoms with Gasteiger partial charge in [0.2, 0.25) is 0 Å². The van der Waals surface area contributed by atoms with Crippen LogP contribution in [0.3, 0.4) is 0 Å². The number of hydrogen-bond donors (Lipinski definition) is 1. The molecule has 140 valence electrons. The van der Waals surface area contributed by atoms with Crippen LogP contribution in [0.2, 0.25) is 15.1 Å². The van der Waals surface area contributed by atoms with Crippen molar-refractivity contribution < 1.29 is 4.79 Å². The van der Waals surface area contributed by atoms with Gasteiger partial charge in [-0.15, -0.1) is 11.8 Å². The molecule has 0 saturated carbocycles. The molecular formula is C18H13BrCl3N3OS. The SMILES string of the molecule is CSc1ccc(Cl)c(C(=O)Nc2nn(Cc3ccc(Cl)cc3Cl)cc2Br)c1. The van der Waals surface area contributed by atoms with Crippen molar-refractivity contribution in [3.8, 4) is 0 Å². The van der Waals surface area contributed by atoms with Crippen LogP contribution in [0.15, 0.2) is 52.0 Å². The Morgan fingerprint density at radius 2 is 1.96 bits per heavy atom. The van der Waals surface area contributed by atoms with Gasteiger partial charge in [0.25, 0.3) is 5.91 Å². The van der Waals surface area contributed by atoms with Crippen LogP contribution in [-0.4, -0.2) is 21.9 Å². The topological polar surface area (TPSA) is 46.9 Å². The van der Waals surface area contributed by atoms with Crippen LogP contribution in [-0.2, 0) is 6.54 Å². The number of benzene rings is 2. The zero-order valence-electron chi connectivity index (χ0n) is 14.0. The first kappa shape index (κ1) is 20.6. The van der Waals surface area contributed by atoms with Gasteiger partial charge in [0.1, 0.15) is 0 Å². The van der Waals surface area contributed by atoms with Crippen molar-refractivity contribution in [3.63, 3.8) is 0 Å². The van der Waals surface area contributed by atoms with Gasteiger partial charge in [0.05, 0.1) is 21.6 Å². The van der Waals surface area contributed by atoms with Crippen LogP contribution < -0.4 is 5.32 Å². The summed E-state index contributed by atoms with van der Waals surface area (Å²) in [6.45, 7) is 0.438. The minimum absolute atomic E-state index is 0.327. The molecule has 2 aromatic carbocycles. The molecule has 1 N–H and O–H groups in total. The van der Waals surface area contributed by atoms with E-state index in [1.807, 2.05) is 18.4 Å². The molecule has 3 rings (SSSR count). The van der Waals surface area contributed by atoms with Crippen LogP contribution >= 0.6 is 62.5 Å². The number of nitrogens with one attached hydrogen (secondary N) is 1. The van der Waals surface area contributed by atoms with Crippen molar-refractivity contribution >= 4 is 74.2 Å². The lowest BCUT2D eigenvalue weighted by atomic mass is 10.2. The minimum Gasteiger partial charge on any atom is -0.304 e. The predicted molar refractivity (Wildman–Crippen MR) is 117 cm³/mol. The molecule has 0 fully saturated rings. The van der Waals surface area contributed by atoms with Gasteiger partial charge < -0.3 is 5.32 Å². The molecule has 3 aromatic rings. The molecule has 9 heteroatoms. The lowest BCUT2D eigenvalue weighted by Crippen LogP contribution is -2.14. The van der Waals surface area contributed by atoms with E-state index in [0.717, 1.165) is 10.5 Å². The molecule has 1 aromatic heterocycles. The van der Waals surface area contributed by atoms with E-state index in [0.29, 0.717) is 37.5 Å². The molecule has 1 amide bonds. The summed E-state index contributed by atoms with van der Waals surface area (Å²) >= 11 is 23.3. The van der Waals surface area contributed by atoms with Crippen molar-refractivity contribution in [2.45, 2.75) is 11.4 Å². The summed E-state index contributed by atoms with van der Waals surface area (Å²) in [6.07, 6.45) is 3.70. The van der Waals surface area contributed by atoms with Gasteiger partial charge in [-0.25, -0.2) is 0 Å². The first-order valence-corrected chi connectivity index (χ1v) is 10.8. The molecule has 0 saturated heterocycles. The number of nitrogens with zero attached hydrogens (tertiary/aromatic N) is 2. The van der Waals surface area contributed by atoms with E-state index in [2.05, 4.69) is 26.3 Å². The minimum atomic E-state index is -0.327. The molecule has 0 aliphatic rings. The molecule has 27 heavy (non-hydrogen) atoms. The Morgan fingerprint density at radius 1 is 1.19 bits per heavy atom. The molecule has 1 heterocycles. The van der Waals surface area contributed by atoms with Gasteiger partial charge in [-0.3, -0.25) is 9.48 Å². The lowest BCUT2D eigenvalue weighted by molar-refractivity contribution is 0.102. The Hall–Kier alpha value is -1.18. The Kier molecular flexibility index (Phi) is 6.76. The molecule has 4 nitrogen and oxygen atoms in total. The molecule has 0 aliphatic carbocycles. The molecule has 0 aliphatic heterocycles. The van der Waals surface area contributed by atoms with Gasteiger partial charge in [-0.1, -0.05) is 40.9 Å². The third-order valence-electron chi connectivity index (χ3n) is 3.71. The Bertz CT molecular complexity index is 1010. The lowest BCUT2D eigenvalue weighted by Gasteiger charge is -2.07. The number of amides is 1. The zero-order valence-corrected chi connectivity index (χ0v) is 18.6. The third-order valence-corrected chi connectivity index (χ3v) is 5.94. The van der Waals surface area contributed by atoms with Crippen LogP contribution in [0.25, 0.3) is 0 Å². The fraction of sp³-hybridized carbons (Fsp3) is 0.111. The Labute approximate surface area is 184 Å². The molecule has 0 spiro atoms. The fourth-order valence-corrected chi connectivity index (χ4v) is 3.89. The number of carbonyl (C=O) groups excluding carboxylic acids is 1. The first-order chi connectivity index (χ1) is 12.9. The van der Waals surface area contributed by atoms with E-state index in [9.17, 15) is 4.79 Å². The van der Waals surface area contributed by atoms with Gasteiger partial charge in [-0.05, 0) is 58.1 Å². The van der Waals surface area contributed by atoms with Gasteiger partial charge >= 0.3 is 0 Å². The molecule has 0 unspecified atom stereocenters. The maximum Gasteiger partial charge on any atom is 0.258 e. The highest BCUT2D eigenvalue weighted by Crippen LogP contribution is 2.27. The van der Waals surface area contributed by atoms with E-state index in [1.165, 1.54) is 11.8 Å². The number of halogens is 4. The number of carbonyl (C=O) groups is 1. The van der Waals surface area contributed by atoms with Crippen LogP contribution in [0.1, 0.15) is 15.9 Å². The average Bonchev–Trinajstić information content (AvgIpc) is 2.97. The summed E-state index contributed by atoms with van der Waals surface area (Å²) in [5, 5.41) is 8.70. The third kappa shape index (κ3) is 5.00. The smallest absolute Gasteiger partial charge is 0.258 e. The normalized spacial score (nSPS) is 10.9. The number of anilines is 1. The van der Waals surface area contributed by atoms with Gasteiger partial charge in [0, 0.05) is 21.1 Å². The average molecular weight is 506 g/mol. The van der Waals surface area contributed by atoms with E-state index in [1.54, 1.807) is 35.1 Å². The van der Waals surface area contributed by atoms with Crippen LogP contribution in [0, 0.1) is 0 Å². The maximum atomic E-state index is 12.6. The molecule has 0 atom stereocenters. The maximum absolute atomic E-state index is 12.6. The summed E-state index contributed by atoms with van der Waals surface area (Å²) in [4.78, 5) is 13.6. The van der Waals surface area contributed by atoms with Crippen LogP contribution in [0.4, 0.5) is 5.82 Å². The standard InChI is InChI=1S/C18H13BrCl3N3OS/c1-27-12-4-5-15(21)13(7-12)18(26)23-17-14(19)9-25(24-17)8-10-2-3-11(20)6-16(10)22/h2-7,9H,8H2,1H3,(H,23,24,26). The summed E-state index contributed by atoms with van der Waals surface area (Å²) in [6, 6.07) is 10.6.